The zero-order chi connectivity index (χ0) is 42.1. The first-order valence-electron chi connectivity index (χ1n) is 21.7. The molecule has 13 rings (SSSR count). The van der Waals surface area contributed by atoms with Crippen molar-refractivity contribution in [2.75, 3.05) is 0 Å². The lowest BCUT2D eigenvalue weighted by atomic mass is 9.85. The molecule has 296 valence electrons. The van der Waals surface area contributed by atoms with E-state index in [4.69, 9.17) is 15.0 Å². The highest BCUT2D eigenvalue weighted by Crippen LogP contribution is 2.45. The van der Waals surface area contributed by atoms with E-state index in [1.54, 1.807) is 6.20 Å². The van der Waals surface area contributed by atoms with E-state index in [2.05, 4.69) is 163 Å². The van der Waals surface area contributed by atoms with Crippen molar-refractivity contribution in [3.63, 3.8) is 0 Å². The van der Waals surface area contributed by atoms with E-state index in [-0.39, 0.29) is 0 Å². The van der Waals surface area contributed by atoms with Gasteiger partial charge in [0.15, 0.2) is 17.5 Å². The minimum absolute atomic E-state index is 0.611. The van der Waals surface area contributed by atoms with Crippen LogP contribution in [0.15, 0.2) is 219 Å². The molecular formula is C60H36N4. The molecule has 11 aromatic carbocycles. The minimum Gasteiger partial charge on any atom is -0.264 e. The van der Waals surface area contributed by atoms with Gasteiger partial charge in [-0.1, -0.05) is 188 Å². The predicted octanol–water partition coefficient (Wildman–Crippen LogP) is 15.6. The summed E-state index contributed by atoms with van der Waals surface area (Å²) in [5.41, 5.74) is 9.41. The van der Waals surface area contributed by atoms with E-state index in [1.807, 2.05) is 54.7 Å². The largest absolute Gasteiger partial charge is 0.264 e. The van der Waals surface area contributed by atoms with E-state index in [9.17, 15) is 0 Å². The molecule has 4 nitrogen and oxygen atoms in total. The van der Waals surface area contributed by atoms with Crippen molar-refractivity contribution in [3.05, 3.63) is 219 Å². The Morgan fingerprint density at radius 3 is 1.30 bits per heavy atom. The quantitative estimate of drug-likeness (QED) is 0.157. The van der Waals surface area contributed by atoms with Crippen molar-refractivity contribution in [1.82, 2.24) is 19.9 Å². The van der Waals surface area contributed by atoms with Crippen LogP contribution >= 0.6 is 0 Å². The molecule has 4 heteroatoms. The SMILES string of the molecule is c1ccc(-c2nc(-c3ccc(-c4ccccc4-c4cc5ccc6cccc7c8cccc9ccc%10cccc(c(c4)c5c67)c%10c98)cc3)nc(-c3ccccc3-c3cccnc3)n2)cc1. The molecule has 0 radical (unpaired) electrons. The standard InChI is InChI=1S/C60H36N4/c1-2-12-41(13-3-1)58-62-59(64-60(63-58)52-21-7-6-19-47(52)44-17-11-33-61-36-44)42-30-25-37(26-31-42)46-18-4-5-20-48(46)45-34-43-32-29-40-15-9-23-50-49-22-8-14-38-27-28-39-16-10-24-51(56(39)54(38)49)53(35-45)57(43)55(40)50/h1-36H. The van der Waals surface area contributed by atoms with Crippen molar-refractivity contribution < 1.29 is 0 Å². The third kappa shape index (κ3) is 5.77. The molecule has 2 aromatic heterocycles. The molecule has 0 fully saturated rings. The van der Waals surface area contributed by atoms with Crippen LogP contribution in [0.25, 0.3) is 132 Å². The molecule has 0 N–H and O–H groups in total. The number of aromatic nitrogens is 4. The van der Waals surface area contributed by atoms with Gasteiger partial charge in [0.2, 0.25) is 0 Å². The Bertz CT molecular complexity index is 3930. The Labute approximate surface area is 369 Å². The lowest BCUT2D eigenvalue weighted by Crippen LogP contribution is -2.01. The normalized spacial score (nSPS) is 11.8. The first-order chi connectivity index (χ1) is 31.7. The highest BCUT2D eigenvalue weighted by molar-refractivity contribution is 6.37. The summed E-state index contributed by atoms with van der Waals surface area (Å²) in [6.45, 7) is 0. The molecule has 0 amide bonds. The van der Waals surface area contributed by atoms with Gasteiger partial charge in [-0.15, -0.1) is 0 Å². The summed E-state index contributed by atoms with van der Waals surface area (Å²) >= 11 is 0. The van der Waals surface area contributed by atoms with Crippen molar-refractivity contribution in [2.45, 2.75) is 0 Å². The summed E-state index contributed by atoms with van der Waals surface area (Å²) in [5.74, 6) is 1.85. The molecule has 0 unspecified atom stereocenters. The number of nitrogens with zero attached hydrogens (tertiary/aromatic N) is 4. The molecule has 0 saturated carbocycles. The van der Waals surface area contributed by atoms with Crippen molar-refractivity contribution in [3.8, 4) is 67.5 Å². The van der Waals surface area contributed by atoms with Gasteiger partial charge in [-0.05, 0) is 111 Å². The van der Waals surface area contributed by atoms with Gasteiger partial charge in [0.05, 0.1) is 0 Å². The third-order valence-electron chi connectivity index (χ3n) is 12.9. The summed E-state index contributed by atoms with van der Waals surface area (Å²) in [6, 6.07) is 74.1. The van der Waals surface area contributed by atoms with Gasteiger partial charge in [-0.25, -0.2) is 15.0 Å². The number of fused-ring (bicyclic) bond motifs is 2. The maximum absolute atomic E-state index is 5.14. The van der Waals surface area contributed by atoms with E-state index >= 15 is 0 Å². The van der Waals surface area contributed by atoms with Crippen LogP contribution < -0.4 is 0 Å². The van der Waals surface area contributed by atoms with E-state index in [0.717, 1.165) is 38.9 Å². The number of pyridine rings is 1. The van der Waals surface area contributed by atoms with Crippen LogP contribution in [0.1, 0.15) is 0 Å². The minimum atomic E-state index is 0.611. The number of benzene rings is 10. The Morgan fingerprint density at radius 1 is 0.250 bits per heavy atom. The van der Waals surface area contributed by atoms with Crippen LogP contribution in [0, 0.1) is 0 Å². The van der Waals surface area contributed by atoms with Crippen LogP contribution in [0.3, 0.4) is 0 Å². The summed E-state index contributed by atoms with van der Waals surface area (Å²) in [6.07, 6.45) is 3.67. The fourth-order valence-electron chi connectivity index (χ4n) is 10.0. The van der Waals surface area contributed by atoms with Crippen molar-refractivity contribution in [2.24, 2.45) is 0 Å². The van der Waals surface area contributed by atoms with E-state index in [1.165, 1.54) is 75.8 Å². The molecular weight excluding hydrogens is 777 g/mol. The Morgan fingerprint density at radius 2 is 0.703 bits per heavy atom. The summed E-state index contributed by atoms with van der Waals surface area (Å²) in [5, 5.41) is 15.3. The van der Waals surface area contributed by atoms with Gasteiger partial charge in [0.1, 0.15) is 0 Å². The topological polar surface area (TPSA) is 51.6 Å². The van der Waals surface area contributed by atoms with Crippen LogP contribution in [-0.4, -0.2) is 19.9 Å². The van der Waals surface area contributed by atoms with Gasteiger partial charge in [-0.2, -0.15) is 0 Å². The first kappa shape index (κ1) is 36.1. The van der Waals surface area contributed by atoms with Crippen LogP contribution in [0.5, 0.6) is 0 Å². The Hall–Kier alpha value is -8.60. The maximum atomic E-state index is 5.14. The summed E-state index contributed by atoms with van der Waals surface area (Å²) < 4.78 is 0. The van der Waals surface area contributed by atoms with Gasteiger partial charge in [0, 0.05) is 34.6 Å². The maximum Gasteiger partial charge on any atom is 0.164 e. The molecule has 0 aliphatic rings. The van der Waals surface area contributed by atoms with E-state index < -0.39 is 0 Å². The second kappa shape index (κ2) is 14.5. The fourth-order valence-corrected chi connectivity index (χ4v) is 10.0. The van der Waals surface area contributed by atoms with Crippen molar-refractivity contribution in [1.29, 1.82) is 0 Å². The zero-order valence-corrected chi connectivity index (χ0v) is 34.6. The lowest BCUT2D eigenvalue weighted by Gasteiger charge is -2.18. The number of hydrogen-bond acceptors (Lipinski definition) is 4. The molecule has 2 heterocycles. The lowest BCUT2D eigenvalue weighted by molar-refractivity contribution is 1.07. The predicted molar refractivity (Wildman–Crippen MR) is 266 cm³/mol. The fraction of sp³-hybridized carbons (Fsp3) is 0. The molecule has 0 aliphatic heterocycles. The second-order valence-corrected chi connectivity index (χ2v) is 16.5. The Kier molecular flexibility index (Phi) is 8.18. The first-order valence-corrected chi connectivity index (χ1v) is 21.7. The van der Waals surface area contributed by atoms with Crippen LogP contribution in [-0.2, 0) is 0 Å². The molecule has 0 atom stereocenters. The van der Waals surface area contributed by atoms with Gasteiger partial charge in [0.25, 0.3) is 0 Å². The summed E-state index contributed by atoms with van der Waals surface area (Å²) in [4.78, 5) is 19.7. The van der Waals surface area contributed by atoms with Gasteiger partial charge < -0.3 is 0 Å². The highest BCUT2D eigenvalue weighted by Gasteiger charge is 2.19. The van der Waals surface area contributed by atoms with E-state index in [0.29, 0.717) is 17.5 Å². The van der Waals surface area contributed by atoms with Crippen LogP contribution in [0.4, 0.5) is 0 Å². The number of hydrogen-bond donors (Lipinski definition) is 0. The third-order valence-corrected chi connectivity index (χ3v) is 12.9. The molecule has 13 aromatic rings. The summed E-state index contributed by atoms with van der Waals surface area (Å²) in [7, 11) is 0. The second-order valence-electron chi connectivity index (χ2n) is 16.5. The molecule has 0 aliphatic carbocycles. The van der Waals surface area contributed by atoms with Gasteiger partial charge >= 0.3 is 0 Å². The average Bonchev–Trinajstić information content (AvgIpc) is 3.37. The molecule has 0 spiro atoms. The smallest absolute Gasteiger partial charge is 0.164 e. The van der Waals surface area contributed by atoms with Crippen molar-refractivity contribution >= 4 is 64.6 Å². The van der Waals surface area contributed by atoms with Gasteiger partial charge in [-0.3, -0.25) is 4.98 Å². The average molecular weight is 813 g/mol. The highest BCUT2D eigenvalue weighted by atomic mass is 15.0. The monoisotopic (exact) mass is 812 g/mol. The molecule has 64 heavy (non-hydrogen) atoms. The zero-order valence-electron chi connectivity index (χ0n) is 34.6. The molecule has 0 bridgehead atoms. The number of rotatable bonds is 6. The van der Waals surface area contributed by atoms with Crippen LogP contribution in [0.2, 0.25) is 0 Å². The molecule has 0 saturated heterocycles. The Balaban J connectivity index is 0.981.